The van der Waals surface area contributed by atoms with Gasteiger partial charge in [-0.3, -0.25) is 4.79 Å². The van der Waals surface area contributed by atoms with Crippen molar-refractivity contribution in [2.45, 2.75) is 12.8 Å². The zero-order valence-electron chi connectivity index (χ0n) is 9.33. The molecule has 0 saturated carbocycles. The van der Waals surface area contributed by atoms with Gasteiger partial charge in [0.1, 0.15) is 0 Å². The summed E-state index contributed by atoms with van der Waals surface area (Å²) in [6.45, 7) is 2.93. The van der Waals surface area contributed by atoms with Gasteiger partial charge in [-0.1, -0.05) is 12.1 Å². The lowest BCUT2D eigenvalue weighted by Crippen LogP contribution is -2.35. The first-order chi connectivity index (χ1) is 7.86. The van der Waals surface area contributed by atoms with Gasteiger partial charge in [0.05, 0.1) is 0 Å². The first kappa shape index (κ1) is 11.1. The van der Waals surface area contributed by atoms with Gasteiger partial charge in [-0.2, -0.15) is 0 Å². The molecule has 0 unspecified atom stereocenters. The quantitative estimate of drug-likeness (QED) is 0.799. The molecule has 85 valence electrons. The van der Waals surface area contributed by atoms with E-state index >= 15 is 0 Å². The van der Waals surface area contributed by atoms with Crippen LogP contribution in [-0.2, 0) is 0 Å². The SMILES string of the molecule is O=C(NCC1CCNCC1)c1cc[c]cc1. The molecule has 0 aliphatic carbocycles. The van der Waals surface area contributed by atoms with Crippen LogP contribution in [0, 0.1) is 12.0 Å². The van der Waals surface area contributed by atoms with Crippen molar-refractivity contribution in [3.63, 3.8) is 0 Å². The highest BCUT2D eigenvalue weighted by Gasteiger charge is 2.14. The smallest absolute Gasteiger partial charge is 0.251 e. The van der Waals surface area contributed by atoms with Gasteiger partial charge >= 0.3 is 0 Å². The number of hydrogen-bond donors (Lipinski definition) is 2. The second-order valence-electron chi connectivity index (χ2n) is 4.19. The highest BCUT2D eigenvalue weighted by Crippen LogP contribution is 2.10. The van der Waals surface area contributed by atoms with Crippen LogP contribution >= 0.6 is 0 Å². The van der Waals surface area contributed by atoms with Crippen LogP contribution in [0.3, 0.4) is 0 Å². The maximum absolute atomic E-state index is 11.7. The van der Waals surface area contributed by atoms with Crippen LogP contribution < -0.4 is 10.6 Å². The first-order valence-electron chi connectivity index (χ1n) is 5.81. The Morgan fingerprint density at radius 2 is 2.06 bits per heavy atom. The minimum atomic E-state index is 0.0209. The summed E-state index contributed by atoms with van der Waals surface area (Å²) in [6.07, 6.45) is 2.31. The van der Waals surface area contributed by atoms with Gasteiger partial charge in [0.25, 0.3) is 5.91 Å². The molecule has 1 heterocycles. The number of amides is 1. The molecule has 1 aromatic carbocycles. The molecule has 1 aliphatic rings. The summed E-state index contributed by atoms with van der Waals surface area (Å²) in [5.41, 5.74) is 0.715. The van der Waals surface area contributed by atoms with E-state index in [0.29, 0.717) is 11.5 Å². The maximum atomic E-state index is 11.7. The molecule has 1 aliphatic heterocycles. The molecule has 0 atom stereocenters. The molecule has 1 radical (unpaired) electrons. The van der Waals surface area contributed by atoms with Crippen LogP contribution in [-0.4, -0.2) is 25.5 Å². The Labute approximate surface area is 96.2 Å². The lowest BCUT2D eigenvalue weighted by Gasteiger charge is -2.22. The van der Waals surface area contributed by atoms with Gasteiger partial charge in [-0.25, -0.2) is 0 Å². The molecular weight excluding hydrogens is 200 g/mol. The predicted octanol–water partition coefficient (Wildman–Crippen LogP) is 1.22. The van der Waals surface area contributed by atoms with E-state index in [0.717, 1.165) is 32.5 Å². The number of rotatable bonds is 3. The van der Waals surface area contributed by atoms with Crippen molar-refractivity contribution in [1.82, 2.24) is 10.6 Å². The molecule has 16 heavy (non-hydrogen) atoms. The van der Waals surface area contributed by atoms with E-state index in [1.807, 2.05) is 0 Å². The van der Waals surface area contributed by atoms with Gasteiger partial charge in [0.2, 0.25) is 0 Å². The van der Waals surface area contributed by atoms with Crippen LogP contribution in [0.1, 0.15) is 23.2 Å². The molecule has 1 aromatic rings. The minimum Gasteiger partial charge on any atom is -0.352 e. The number of carbonyl (C=O) groups excluding carboxylic acids is 1. The van der Waals surface area contributed by atoms with Gasteiger partial charge in [0, 0.05) is 12.1 Å². The topological polar surface area (TPSA) is 41.1 Å². The normalized spacial score (nSPS) is 17.0. The third-order valence-electron chi connectivity index (χ3n) is 2.99. The van der Waals surface area contributed by atoms with E-state index in [-0.39, 0.29) is 5.91 Å². The van der Waals surface area contributed by atoms with Crippen molar-refractivity contribution in [2.75, 3.05) is 19.6 Å². The van der Waals surface area contributed by atoms with Crippen LogP contribution in [0.25, 0.3) is 0 Å². The Kier molecular flexibility index (Phi) is 3.94. The standard InChI is InChI=1S/C13H17N2O/c16-13(12-4-2-1-3-5-12)15-10-11-6-8-14-9-7-11/h2-5,11,14H,6-10H2,(H,15,16). The van der Waals surface area contributed by atoms with Gasteiger partial charge in [-0.15, -0.1) is 0 Å². The molecule has 3 nitrogen and oxygen atoms in total. The van der Waals surface area contributed by atoms with E-state index in [9.17, 15) is 4.79 Å². The molecular formula is C13H17N2O. The lowest BCUT2D eigenvalue weighted by molar-refractivity contribution is 0.0944. The van der Waals surface area contributed by atoms with E-state index in [1.54, 1.807) is 24.3 Å². The van der Waals surface area contributed by atoms with Gasteiger partial charge < -0.3 is 10.6 Å². The summed E-state index contributed by atoms with van der Waals surface area (Å²) in [5.74, 6) is 0.646. The molecule has 2 N–H and O–H groups in total. The monoisotopic (exact) mass is 217 g/mol. The summed E-state index contributed by atoms with van der Waals surface area (Å²) in [6, 6.07) is 10.0. The molecule has 0 aromatic heterocycles. The van der Waals surface area contributed by atoms with Gasteiger partial charge in [-0.05, 0) is 50.0 Å². The Morgan fingerprint density at radius 3 is 2.75 bits per heavy atom. The Hall–Kier alpha value is -1.35. The maximum Gasteiger partial charge on any atom is 0.251 e. The average Bonchev–Trinajstić information content (AvgIpc) is 2.38. The molecule has 1 saturated heterocycles. The summed E-state index contributed by atoms with van der Waals surface area (Å²) in [4.78, 5) is 11.7. The van der Waals surface area contributed by atoms with E-state index in [2.05, 4.69) is 16.7 Å². The second-order valence-corrected chi connectivity index (χ2v) is 4.19. The number of nitrogens with one attached hydrogen (secondary N) is 2. The van der Waals surface area contributed by atoms with E-state index < -0.39 is 0 Å². The van der Waals surface area contributed by atoms with Crippen molar-refractivity contribution in [3.05, 3.63) is 35.9 Å². The summed E-state index contributed by atoms with van der Waals surface area (Å²) in [5, 5.41) is 6.31. The number of benzene rings is 1. The van der Waals surface area contributed by atoms with Crippen molar-refractivity contribution < 1.29 is 4.79 Å². The third kappa shape index (κ3) is 3.07. The highest BCUT2D eigenvalue weighted by molar-refractivity contribution is 5.94. The Balaban J connectivity index is 1.79. The number of carbonyl (C=O) groups is 1. The van der Waals surface area contributed by atoms with Crippen LogP contribution in [0.4, 0.5) is 0 Å². The summed E-state index contributed by atoms with van der Waals surface area (Å²) >= 11 is 0. The molecule has 2 rings (SSSR count). The summed E-state index contributed by atoms with van der Waals surface area (Å²) in [7, 11) is 0. The van der Waals surface area contributed by atoms with Crippen LogP contribution in [0.15, 0.2) is 24.3 Å². The molecule has 3 heteroatoms. The van der Waals surface area contributed by atoms with Crippen LogP contribution in [0.5, 0.6) is 0 Å². The molecule has 1 fully saturated rings. The van der Waals surface area contributed by atoms with E-state index in [4.69, 9.17) is 0 Å². The van der Waals surface area contributed by atoms with Crippen molar-refractivity contribution in [2.24, 2.45) is 5.92 Å². The Morgan fingerprint density at radius 1 is 1.38 bits per heavy atom. The first-order valence-corrected chi connectivity index (χ1v) is 5.81. The average molecular weight is 217 g/mol. The number of piperidine rings is 1. The minimum absolute atomic E-state index is 0.0209. The second kappa shape index (κ2) is 5.66. The fourth-order valence-electron chi connectivity index (χ4n) is 1.96. The summed E-state index contributed by atoms with van der Waals surface area (Å²) < 4.78 is 0. The van der Waals surface area contributed by atoms with E-state index in [1.165, 1.54) is 0 Å². The molecule has 0 bridgehead atoms. The van der Waals surface area contributed by atoms with Crippen LogP contribution in [0.2, 0.25) is 0 Å². The highest BCUT2D eigenvalue weighted by atomic mass is 16.1. The third-order valence-corrected chi connectivity index (χ3v) is 2.99. The van der Waals surface area contributed by atoms with Gasteiger partial charge in [0.15, 0.2) is 0 Å². The zero-order valence-corrected chi connectivity index (χ0v) is 9.33. The fourth-order valence-corrected chi connectivity index (χ4v) is 1.96. The number of hydrogen-bond acceptors (Lipinski definition) is 2. The largest absolute Gasteiger partial charge is 0.352 e. The van der Waals surface area contributed by atoms with Crippen molar-refractivity contribution in [1.29, 1.82) is 0 Å². The lowest BCUT2D eigenvalue weighted by atomic mass is 9.98. The Bertz CT molecular complexity index is 331. The predicted molar refractivity (Wildman–Crippen MR) is 63.2 cm³/mol. The molecule has 1 amide bonds. The van der Waals surface area contributed by atoms with Crippen molar-refractivity contribution in [3.8, 4) is 0 Å². The van der Waals surface area contributed by atoms with Crippen molar-refractivity contribution >= 4 is 5.91 Å². The molecule has 0 spiro atoms. The fraction of sp³-hybridized carbons (Fsp3) is 0.462. The zero-order chi connectivity index (χ0) is 11.2.